The van der Waals surface area contributed by atoms with Crippen molar-refractivity contribution < 1.29 is 22.7 Å². The first kappa shape index (κ1) is 21.0. The Labute approximate surface area is 180 Å². The summed E-state index contributed by atoms with van der Waals surface area (Å²) in [5.41, 5.74) is 5.86. The molecule has 31 heavy (non-hydrogen) atoms. The van der Waals surface area contributed by atoms with Gasteiger partial charge >= 0.3 is 5.97 Å². The molecule has 3 aromatic rings. The van der Waals surface area contributed by atoms with Gasteiger partial charge in [0.1, 0.15) is 6.54 Å². The third-order valence-electron chi connectivity index (χ3n) is 5.22. The van der Waals surface area contributed by atoms with Gasteiger partial charge in [0.25, 0.3) is 0 Å². The zero-order chi connectivity index (χ0) is 22.0. The van der Waals surface area contributed by atoms with E-state index in [2.05, 4.69) is 10.8 Å². The molecule has 1 aliphatic rings. The predicted molar refractivity (Wildman–Crippen MR) is 116 cm³/mol. The number of ketones is 1. The number of sulfonamides is 1. The topological polar surface area (TPSA) is 89.5 Å². The second kappa shape index (κ2) is 8.45. The Bertz CT molecular complexity index is 1260. The van der Waals surface area contributed by atoms with Gasteiger partial charge in [0.15, 0.2) is 12.4 Å². The van der Waals surface area contributed by atoms with Gasteiger partial charge in [0.05, 0.1) is 4.90 Å². The lowest BCUT2D eigenvalue weighted by molar-refractivity contribution is -0.141. The van der Waals surface area contributed by atoms with Crippen LogP contribution in [0, 0.1) is 6.92 Å². The standard InChI is InChI=1S/C24H21NO5S/c1-16-6-10-20(11-7-16)31(28,29)25-14-24(27)30-15-23(26)19-9-8-18-12-17-4-2-3-5-21(17)22(18)13-19/h2-11,13,25H,12,14-15H2,1H3. The van der Waals surface area contributed by atoms with Crippen molar-refractivity contribution in [1.29, 1.82) is 0 Å². The first-order chi connectivity index (χ1) is 14.8. The van der Waals surface area contributed by atoms with Crippen LogP contribution in [0.5, 0.6) is 0 Å². The number of nitrogens with one attached hydrogen (secondary N) is 1. The molecule has 0 amide bonds. The summed E-state index contributed by atoms with van der Waals surface area (Å²) in [5, 5.41) is 0. The molecule has 3 aromatic carbocycles. The molecule has 0 saturated heterocycles. The molecule has 6 nitrogen and oxygen atoms in total. The molecule has 0 heterocycles. The Morgan fingerprint density at radius 1 is 0.935 bits per heavy atom. The summed E-state index contributed by atoms with van der Waals surface area (Å²) in [7, 11) is -3.83. The van der Waals surface area contributed by atoms with Crippen molar-refractivity contribution in [1.82, 2.24) is 4.72 Å². The lowest BCUT2D eigenvalue weighted by atomic mass is 10.0. The highest BCUT2D eigenvalue weighted by atomic mass is 32.2. The maximum atomic E-state index is 12.5. The van der Waals surface area contributed by atoms with E-state index in [1.807, 2.05) is 37.3 Å². The summed E-state index contributed by atoms with van der Waals surface area (Å²) in [6.45, 7) is 0.838. The van der Waals surface area contributed by atoms with E-state index < -0.39 is 29.1 Å². The van der Waals surface area contributed by atoms with Gasteiger partial charge in [-0.15, -0.1) is 0 Å². The van der Waals surface area contributed by atoms with Crippen LogP contribution in [0.15, 0.2) is 71.6 Å². The average molecular weight is 436 g/mol. The first-order valence-electron chi connectivity index (χ1n) is 9.80. The van der Waals surface area contributed by atoms with E-state index in [4.69, 9.17) is 4.74 Å². The average Bonchev–Trinajstić information content (AvgIpc) is 3.14. The van der Waals surface area contributed by atoms with Crippen LogP contribution in [0.25, 0.3) is 11.1 Å². The van der Waals surface area contributed by atoms with E-state index in [-0.39, 0.29) is 10.7 Å². The van der Waals surface area contributed by atoms with Crippen LogP contribution in [-0.4, -0.2) is 33.3 Å². The van der Waals surface area contributed by atoms with Crippen molar-refractivity contribution in [2.45, 2.75) is 18.2 Å². The van der Waals surface area contributed by atoms with Crippen molar-refractivity contribution in [2.24, 2.45) is 0 Å². The van der Waals surface area contributed by atoms with Crippen LogP contribution < -0.4 is 4.72 Å². The van der Waals surface area contributed by atoms with E-state index >= 15 is 0 Å². The molecule has 0 aromatic heterocycles. The minimum atomic E-state index is -3.83. The fraction of sp³-hybridized carbons (Fsp3) is 0.167. The number of hydrogen-bond donors (Lipinski definition) is 1. The lowest BCUT2D eigenvalue weighted by Crippen LogP contribution is -2.31. The van der Waals surface area contributed by atoms with Gasteiger partial charge in [-0.05, 0) is 53.8 Å². The maximum Gasteiger partial charge on any atom is 0.321 e. The number of fused-ring (bicyclic) bond motifs is 3. The van der Waals surface area contributed by atoms with Crippen molar-refractivity contribution in [2.75, 3.05) is 13.2 Å². The molecule has 4 rings (SSSR count). The zero-order valence-electron chi connectivity index (χ0n) is 16.9. The number of Topliss-reactive ketones (excluding diaryl/α,β-unsaturated/α-hetero) is 1. The quantitative estimate of drug-likeness (QED) is 0.355. The molecule has 158 valence electrons. The number of ether oxygens (including phenoxy) is 1. The third kappa shape index (κ3) is 4.57. The number of carbonyl (C=O) groups is 2. The van der Waals surface area contributed by atoms with Gasteiger partial charge in [-0.2, -0.15) is 4.72 Å². The monoisotopic (exact) mass is 435 g/mol. The molecule has 7 heteroatoms. The normalized spacial score (nSPS) is 12.2. The van der Waals surface area contributed by atoms with Crippen molar-refractivity contribution >= 4 is 21.8 Å². The van der Waals surface area contributed by atoms with Gasteiger partial charge in [-0.1, -0.05) is 54.1 Å². The van der Waals surface area contributed by atoms with Crippen LogP contribution >= 0.6 is 0 Å². The van der Waals surface area contributed by atoms with Crippen LogP contribution in [0.1, 0.15) is 27.0 Å². The van der Waals surface area contributed by atoms with Crippen molar-refractivity contribution in [3.05, 3.63) is 89.0 Å². The summed E-state index contributed by atoms with van der Waals surface area (Å²) in [5.74, 6) is -1.17. The molecule has 0 bridgehead atoms. The summed E-state index contributed by atoms with van der Waals surface area (Å²) in [6.07, 6.45) is 0.829. The third-order valence-corrected chi connectivity index (χ3v) is 6.64. The number of benzene rings is 3. The van der Waals surface area contributed by atoms with E-state index in [1.165, 1.54) is 17.7 Å². The molecule has 0 saturated carbocycles. The molecule has 1 N–H and O–H groups in total. The molecule has 0 aliphatic heterocycles. The van der Waals surface area contributed by atoms with E-state index in [0.29, 0.717) is 5.56 Å². The summed E-state index contributed by atoms with van der Waals surface area (Å²) >= 11 is 0. The molecular formula is C24H21NO5S. The van der Waals surface area contributed by atoms with Gasteiger partial charge in [-0.3, -0.25) is 9.59 Å². The van der Waals surface area contributed by atoms with E-state index in [0.717, 1.165) is 28.7 Å². The maximum absolute atomic E-state index is 12.5. The van der Waals surface area contributed by atoms with Crippen molar-refractivity contribution in [3.63, 3.8) is 0 Å². The van der Waals surface area contributed by atoms with Gasteiger partial charge in [-0.25, -0.2) is 8.42 Å². The number of rotatable bonds is 7. The smallest absolute Gasteiger partial charge is 0.321 e. The fourth-order valence-corrected chi connectivity index (χ4v) is 4.50. The van der Waals surface area contributed by atoms with Gasteiger partial charge in [0, 0.05) is 5.56 Å². The molecule has 0 spiro atoms. The number of carbonyl (C=O) groups excluding carboxylic acids is 2. The predicted octanol–water partition coefficient (Wildman–Crippen LogP) is 3.27. The number of hydrogen-bond acceptors (Lipinski definition) is 5. The lowest BCUT2D eigenvalue weighted by Gasteiger charge is -2.08. The van der Waals surface area contributed by atoms with Gasteiger partial charge < -0.3 is 4.74 Å². The molecule has 0 atom stereocenters. The van der Waals surface area contributed by atoms with Crippen molar-refractivity contribution in [3.8, 4) is 11.1 Å². The molecule has 1 aliphatic carbocycles. The molecule has 0 fully saturated rings. The van der Waals surface area contributed by atoms with Crippen LogP contribution in [0.4, 0.5) is 0 Å². The number of esters is 1. The minimum Gasteiger partial charge on any atom is -0.456 e. The second-order valence-electron chi connectivity index (χ2n) is 7.43. The number of aryl methyl sites for hydroxylation is 1. The Hall–Kier alpha value is -3.29. The van der Waals surface area contributed by atoms with Crippen LogP contribution in [0.2, 0.25) is 0 Å². The summed E-state index contributed by atoms with van der Waals surface area (Å²) in [6, 6.07) is 19.7. The Morgan fingerprint density at radius 3 is 2.42 bits per heavy atom. The Balaban J connectivity index is 1.34. The minimum absolute atomic E-state index is 0.0559. The highest BCUT2D eigenvalue weighted by Crippen LogP contribution is 2.36. The highest BCUT2D eigenvalue weighted by molar-refractivity contribution is 7.89. The highest BCUT2D eigenvalue weighted by Gasteiger charge is 2.20. The molecule has 0 unspecified atom stereocenters. The zero-order valence-corrected chi connectivity index (χ0v) is 17.7. The molecule has 0 radical (unpaired) electrons. The van der Waals surface area contributed by atoms with E-state index in [9.17, 15) is 18.0 Å². The van der Waals surface area contributed by atoms with Crippen LogP contribution in [-0.2, 0) is 26.0 Å². The Morgan fingerprint density at radius 2 is 1.65 bits per heavy atom. The second-order valence-corrected chi connectivity index (χ2v) is 9.19. The fourth-order valence-electron chi connectivity index (χ4n) is 3.53. The van der Waals surface area contributed by atoms with E-state index in [1.54, 1.807) is 18.2 Å². The van der Waals surface area contributed by atoms with Gasteiger partial charge in [0.2, 0.25) is 10.0 Å². The van der Waals surface area contributed by atoms with Crippen LogP contribution in [0.3, 0.4) is 0 Å². The summed E-state index contributed by atoms with van der Waals surface area (Å²) in [4.78, 5) is 24.5. The molecular weight excluding hydrogens is 414 g/mol. The largest absolute Gasteiger partial charge is 0.456 e. The SMILES string of the molecule is Cc1ccc(S(=O)(=O)NCC(=O)OCC(=O)c2ccc3c(c2)-c2ccccc2C3)cc1. The Kier molecular flexibility index (Phi) is 5.71. The summed E-state index contributed by atoms with van der Waals surface area (Å²) < 4.78 is 31.6. The first-order valence-corrected chi connectivity index (χ1v) is 11.3.